The molecule has 1 aliphatic rings. The van der Waals surface area contributed by atoms with Gasteiger partial charge in [-0.3, -0.25) is 9.59 Å². The second-order valence-electron chi connectivity index (χ2n) is 6.45. The van der Waals surface area contributed by atoms with Crippen LogP contribution < -0.4 is 5.32 Å². The highest BCUT2D eigenvalue weighted by atomic mass is 16.7. The average Bonchev–Trinajstić information content (AvgIpc) is 2.64. The van der Waals surface area contributed by atoms with Crippen molar-refractivity contribution in [3.05, 3.63) is 48.6 Å². The summed E-state index contributed by atoms with van der Waals surface area (Å²) < 4.78 is 22.4. The van der Waals surface area contributed by atoms with Gasteiger partial charge in [0.05, 0.1) is 19.8 Å². The molecular formula is C20H27NO7. The van der Waals surface area contributed by atoms with Crippen molar-refractivity contribution in [3.8, 4) is 0 Å². The molecule has 0 saturated carbocycles. The van der Waals surface area contributed by atoms with Gasteiger partial charge in [-0.1, -0.05) is 36.4 Å². The second-order valence-corrected chi connectivity index (χ2v) is 6.45. The van der Waals surface area contributed by atoms with Crippen LogP contribution in [0.25, 0.3) is 0 Å². The molecule has 1 aromatic carbocycles. The van der Waals surface area contributed by atoms with Crippen LogP contribution in [-0.2, 0) is 35.1 Å². The Balaban J connectivity index is 2.13. The third-order valence-electron chi connectivity index (χ3n) is 4.14. The van der Waals surface area contributed by atoms with E-state index in [1.165, 1.54) is 19.9 Å². The first kappa shape index (κ1) is 22.0. The van der Waals surface area contributed by atoms with Crippen LogP contribution in [0.5, 0.6) is 0 Å². The molecular weight excluding hydrogens is 366 g/mol. The molecule has 1 saturated heterocycles. The number of aliphatic hydroxyl groups is 1. The monoisotopic (exact) mass is 393 g/mol. The molecule has 1 amide bonds. The molecule has 0 aromatic heterocycles. The summed E-state index contributed by atoms with van der Waals surface area (Å²) in [6.07, 6.45) is -2.31. The van der Waals surface area contributed by atoms with E-state index in [-0.39, 0.29) is 19.1 Å². The van der Waals surface area contributed by atoms with E-state index >= 15 is 0 Å². The number of rotatable bonds is 9. The molecule has 2 rings (SSSR count). The lowest BCUT2D eigenvalue weighted by Gasteiger charge is -2.44. The second kappa shape index (κ2) is 10.9. The maximum atomic E-state index is 11.6. The van der Waals surface area contributed by atoms with Gasteiger partial charge in [0.15, 0.2) is 12.4 Å². The number of carbonyl (C=O) groups is 2. The first-order valence-corrected chi connectivity index (χ1v) is 9.04. The van der Waals surface area contributed by atoms with Gasteiger partial charge in [-0.2, -0.15) is 0 Å². The van der Waals surface area contributed by atoms with Crippen LogP contribution >= 0.6 is 0 Å². The molecule has 1 heterocycles. The van der Waals surface area contributed by atoms with Gasteiger partial charge in [0, 0.05) is 13.8 Å². The van der Waals surface area contributed by atoms with Crippen molar-refractivity contribution in [1.82, 2.24) is 5.32 Å². The van der Waals surface area contributed by atoms with Crippen LogP contribution in [0.15, 0.2) is 43.0 Å². The summed E-state index contributed by atoms with van der Waals surface area (Å²) in [6, 6.07) is 8.64. The summed E-state index contributed by atoms with van der Waals surface area (Å²) in [6.45, 7) is 6.71. The minimum atomic E-state index is -1.35. The maximum Gasteiger partial charge on any atom is 0.303 e. The van der Waals surface area contributed by atoms with E-state index in [9.17, 15) is 14.7 Å². The van der Waals surface area contributed by atoms with Crippen LogP contribution in [0, 0.1) is 0 Å². The number of benzene rings is 1. The van der Waals surface area contributed by atoms with Gasteiger partial charge >= 0.3 is 5.97 Å². The lowest BCUT2D eigenvalue weighted by molar-refractivity contribution is -0.268. The first-order chi connectivity index (χ1) is 13.4. The van der Waals surface area contributed by atoms with E-state index in [1.807, 2.05) is 30.3 Å². The van der Waals surface area contributed by atoms with E-state index in [4.69, 9.17) is 18.9 Å². The fourth-order valence-electron chi connectivity index (χ4n) is 3.02. The van der Waals surface area contributed by atoms with Crippen molar-refractivity contribution >= 4 is 11.9 Å². The SMILES string of the molecule is C=CCO[C@@H]1[C@@H](NC(C)=O)[C@@H](O)O[C@H](COCc2ccccc2)[C@@H]1OC(C)=O. The van der Waals surface area contributed by atoms with Crippen molar-refractivity contribution < 1.29 is 33.6 Å². The number of carbonyl (C=O) groups excluding carboxylic acids is 2. The Morgan fingerprint density at radius 2 is 1.96 bits per heavy atom. The third kappa shape index (κ3) is 6.42. The van der Waals surface area contributed by atoms with Crippen molar-refractivity contribution in [2.45, 2.75) is 51.1 Å². The molecule has 0 aliphatic carbocycles. The first-order valence-electron chi connectivity index (χ1n) is 9.04. The molecule has 0 spiro atoms. The zero-order valence-electron chi connectivity index (χ0n) is 16.1. The predicted octanol–water partition coefficient (Wildman–Crippen LogP) is 0.928. The fraction of sp³-hybridized carbons (Fsp3) is 0.500. The summed E-state index contributed by atoms with van der Waals surface area (Å²) in [5.41, 5.74) is 0.971. The van der Waals surface area contributed by atoms with Crippen LogP contribution in [0.1, 0.15) is 19.4 Å². The Morgan fingerprint density at radius 3 is 2.57 bits per heavy atom. The third-order valence-corrected chi connectivity index (χ3v) is 4.14. The van der Waals surface area contributed by atoms with E-state index in [0.717, 1.165) is 5.56 Å². The van der Waals surface area contributed by atoms with E-state index in [1.54, 1.807) is 0 Å². The Bertz CT molecular complexity index is 651. The largest absolute Gasteiger partial charge is 0.457 e. The molecule has 5 atom stereocenters. The van der Waals surface area contributed by atoms with Crippen LogP contribution in [0.2, 0.25) is 0 Å². The highest BCUT2D eigenvalue weighted by molar-refractivity contribution is 5.73. The minimum Gasteiger partial charge on any atom is -0.457 e. The molecule has 28 heavy (non-hydrogen) atoms. The number of amides is 1. The Kier molecular flexibility index (Phi) is 8.59. The molecule has 154 valence electrons. The molecule has 2 N–H and O–H groups in total. The minimum absolute atomic E-state index is 0.0602. The molecule has 1 aromatic rings. The number of ether oxygens (including phenoxy) is 4. The Labute approximate surface area is 164 Å². The highest BCUT2D eigenvalue weighted by Crippen LogP contribution is 2.26. The fourth-order valence-corrected chi connectivity index (χ4v) is 3.02. The van der Waals surface area contributed by atoms with Crippen molar-refractivity contribution in [2.75, 3.05) is 13.2 Å². The normalized spacial score (nSPS) is 27.0. The van der Waals surface area contributed by atoms with Gasteiger partial charge in [0.2, 0.25) is 5.91 Å². The number of nitrogens with one attached hydrogen (secondary N) is 1. The average molecular weight is 393 g/mol. The number of aliphatic hydroxyl groups excluding tert-OH is 1. The van der Waals surface area contributed by atoms with Crippen LogP contribution in [0.3, 0.4) is 0 Å². The van der Waals surface area contributed by atoms with Gasteiger partial charge in [0.1, 0.15) is 18.2 Å². The lowest BCUT2D eigenvalue weighted by atomic mass is 9.96. The molecule has 0 radical (unpaired) electrons. The topological polar surface area (TPSA) is 103 Å². The van der Waals surface area contributed by atoms with E-state index in [0.29, 0.717) is 6.61 Å². The molecule has 0 bridgehead atoms. The van der Waals surface area contributed by atoms with Crippen LogP contribution in [0.4, 0.5) is 0 Å². The van der Waals surface area contributed by atoms with Crippen LogP contribution in [-0.4, -0.2) is 60.8 Å². The summed E-state index contributed by atoms with van der Waals surface area (Å²) in [5, 5.41) is 13.0. The molecule has 0 unspecified atom stereocenters. The van der Waals surface area contributed by atoms with Gasteiger partial charge in [-0.05, 0) is 5.56 Å². The summed E-state index contributed by atoms with van der Waals surface area (Å²) in [7, 11) is 0. The molecule has 8 heteroatoms. The highest BCUT2D eigenvalue weighted by Gasteiger charge is 2.48. The quantitative estimate of drug-likeness (QED) is 0.475. The van der Waals surface area contributed by atoms with Crippen molar-refractivity contribution in [1.29, 1.82) is 0 Å². The molecule has 1 fully saturated rings. The summed E-state index contributed by atoms with van der Waals surface area (Å²) in [4.78, 5) is 23.2. The van der Waals surface area contributed by atoms with Gasteiger partial charge in [0.25, 0.3) is 0 Å². The van der Waals surface area contributed by atoms with Gasteiger partial charge < -0.3 is 29.4 Å². The summed E-state index contributed by atoms with van der Waals surface area (Å²) in [5.74, 6) is -0.910. The predicted molar refractivity (Wildman–Crippen MR) is 100 cm³/mol. The Hall–Kier alpha value is -2.26. The van der Waals surface area contributed by atoms with Crippen molar-refractivity contribution in [3.63, 3.8) is 0 Å². The zero-order valence-corrected chi connectivity index (χ0v) is 16.1. The number of hydrogen-bond donors (Lipinski definition) is 2. The van der Waals surface area contributed by atoms with Gasteiger partial charge in [-0.25, -0.2) is 0 Å². The molecule has 1 aliphatic heterocycles. The number of hydrogen-bond acceptors (Lipinski definition) is 7. The smallest absolute Gasteiger partial charge is 0.303 e. The van der Waals surface area contributed by atoms with Gasteiger partial charge in [-0.15, -0.1) is 6.58 Å². The lowest BCUT2D eigenvalue weighted by Crippen LogP contribution is -2.65. The standard InChI is InChI=1S/C20H27NO7/c1-4-10-26-19-17(21-13(2)22)20(24)28-16(18(19)27-14(3)23)12-25-11-15-8-6-5-7-9-15/h4-9,16-20,24H,1,10-12H2,2-3H3,(H,21,22)/t16-,17-,18+,19-,20+/m1/s1. The summed E-state index contributed by atoms with van der Waals surface area (Å²) >= 11 is 0. The van der Waals surface area contributed by atoms with E-state index in [2.05, 4.69) is 11.9 Å². The molecule has 8 nitrogen and oxygen atoms in total. The zero-order chi connectivity index (χ0) is 20.5. The Morgan fingerprint density at radius 1 is 1.25 bits per heavy atom. The number of esters is 1. The maximum absolute atomic E-state index is 11.6. The van der Waals surface area contributed by atoms with Crippen molar-refractivity contribution in [2.24, 2.45) is 0 Å². The van der Waals surface area contributed by atoms with E-state index < -0.39 is 36.6 Å².